The van der Waals surface area contributed by atoms with Crippen molar-refractivity contribution in [1.29, 1.82) is 0 Å². The minimum atomic E-state index is -0.543. The Bertz CT molecular complexity index is 447. The number of anilines is 1. The highest BCUT2D eigenvalue weighted by atomic mass is 16.6. The molecule has 0 saturated carbocycles. The van der Waals surface area contributed by atoms with E-state index >= 15 is 0 Å². The Morgan fingerprint density at radius 1 is 1.21 bits per heavy atom. The molecule has 5 nitrogen and oxygen atoms in total. The SMILES string of the molecule is CC(C)(C)OC(=O)CNC(=O)Cc1ccc(N)cc1. The van der Waals surface area contributed by atoms with Crippen molar-refractivity contribution in [2.45, 2.75) is 32.8 Å². The summed E-state index contributed by atoms with van der Waals surface area (Å²) >= 11 is 0. The molecule has 3 N–H and O–H groups in total. The summed E-state index contributed by atoms with van der Waals surface area (Å²) in [6, 6.07) is 7.03. The standard InChI is InChI=1S/C14H20N2O3/c1-14(2,3)19-13(18)9-16-12(17)8-10-4-6-11(15)7-5-10/h4-7H,8-9,15H2,1-3H3,(H,16,17). The van der Waals surface area contributed by atoms with Gasteiger partial charge in [0.15, 0.2) is 0 Å². The Balaban J connectivity index is 2.36. The fraction of sp³-hybridized carbons (Fsp3) is 0.429. The van der Waals surface area contributed by atoms with Crippen LogP contribution in [0, 0.1) is 0 Å². The first-order valence-electron chi connectivity index (χ1n) is 6.09. The van der Waals surface area contributed by atoms with Crippen molar-refractivity contribution in [2.24, 2.45) is 0 Å². The van der Waals surface area contributed by atoms with Gasteiger partial charge in [0.25, 0.3) is 0 Å². The molecule has 0 aliphatic heterocycles. The summed E-state index contributed by atoms with van der Waals surface area (Å²) in [4.78, 5) is 23.0. The third kappa shape index (κ3) is 6.45. The van der Waals surface area contributed by atoms with E-state index in [-0.39, 0.29) is 18.9 Å². The maximum Gasteiger partial charge on any atom is 0.325 e. The van der Waals surface area contributed by atoms with E-state index in [9.17, 15) is 9.59 Å². The van der Waals surface area contributed by atoms with Crippen LogP contribution in [0.5, 0.6) is 0 Å². The molecule has 0 fully saturated rings. The third-order valence-electron chi connectivity index (χ3n) is 2.19. The zero-order chi connectivity index (χ0) is 14.5. The lowest BCUT2D eigenvalue weighted by Crippen LogP contribution is -2.35. The van der Waals surface area contributed by atoms with Crippen molar-refractivity contribution in [1.82, 2.24) is 5.32 Å². The summed E-state index contributed by atoms with van der Waals surface area (Å²) < 4.78 is 5.08. The number of benzene rings is 1. The second-order valence-electron chi connectivity index (χ2n) is 5.28. The van der Waals surface area contributed by atoms with Crippen LogP contribution >= 0.6 is 0 Å². The lowest BCUT2D eigenvalue weighted by molar-refractivity contribution is -0.154. The van der Waals surface area contributed by atoms with Gasteiger partial charge in [-0.2, -0.15) is 0 Å². The molecule has 1 aromatic rings. The molecule has 0 aliphatic carbocycles. The minimum Gasteiger partial charge on any atom is -0.459 e. The van der Waals surface area contributed by atoms with E-state index in [0.717, 1.165) is 5.56 Å². The van der Waals surface area contributed by atoms with Crippen molar-refractivity contribution in [3.8, 4) is 0 Å². The normalized spacial score (nSPS) is 10.9. The van der Waals surface area contributed by atoms with Crippen molar-refractivity contribution < 1.29 is 14.3 Å². The second-order valence-corrected chi connectivity index (χ2v) is 5.28. The van der Waals surface area contributed by atoms with E-state index in [4.69, 9.17) is 10.5 Å². The molecule has 0 saturated heterocycles. The second kappa shape index (κ2) is 6.22. The highest BCUT2D eigenvalue weighted by Crippen LogP contribution is 2.07. The predicted molar refractivity (Wildman–Crippen MR) is 73.4 cm³/mol. The molecule has 0 aromatic heterocycles. The Kier molecular flexibility index (Phi) is 4.92. The van der Waals surface area contributed by atoms with Crippen LogP contribution in [0.3, 0.4) is 0 Å². The van der Waals surface area contributed by atoms with E-state index in [1.165, 1.54) is 0 Å². The summed E-state index contributed by atoms with van der Waals surface area (Å²) in [5, 5.41) is 2.52. The van der Waals surface area contributed by atoms with Gasteiger partial charge in [-0.05, 0) is 38.5 Å². The van der Waals surface area contributed by atoms with Gasteiger partial charge < -0.3 is 15.8 Å². The smallest absolute Gasteiger partial charge is 0.325 e. The first-order chi connectivity index (χ1) is 8.76. The van der Waals surface area contributed by atoms with E-state index in [2.05, 4.69) is 5.32 Å². The molecule has 104 valence electrons. The molecule has 0 atom stereocenters. The number of hydrogen-bond donors (Lipinski definition) is 2. The number of hydrogen-bond acceptors (Lipinski definition) is 4. The molecule has 5 heteroatoms. The van der Waals surface area contributed by atoms with Gasteiger partial charge in [-0.15, -0.1) is 0 Å². The van der Waals surface area contributed by atoms with Gasteiger partial charge in [0.1, 0.15) is 12.1 Å². The molecule has 19 heavy (non-hydrogen) atoms. The van der Waals surface area contributed by atoms with Crippen LogP contribution in [0.15, 0.2) is 24.3 Å². The third-order valence-corrected chi connectivity index (χ3v) is 2.19. The topological polar surface area (TPSA) is 81.4 Å². The van der Waals surface area contributed by atoms with Gasteiger partial charge in [0, 0.05) is 5.69 Å². The molecule has 0 unspecified atom stereocenters. The van der Waals surface area contributed by atoms with Crippen LogP contribution < -0.4 is 11.1 Å². The quantitative estimate of drug-likeness (QED) is 0.634. The molecular formula is C14H20N2O3. The summed E-state index contributed by atoms with van der Waals surface area (Å²) in [7, 11) is 0. The van der Waals surface area contributed by atoms with E-state index < -0.39 is 11.6 Å². The Hall–Kier alpha value is -2.04. The Morgan fingerprint density at radius 2 is 1.79 bits per heavy atom. The first-order valence-corrected chi connectivity index (χ1v) is 6.09. The predicted octanol–water partition coefficient (Wildman–Crippen LogP) is 1.27. The molecular weight excluding hydrogens is 244 g/mol. The van der Waals surface area contributed by atoms with Gasteiger partial charge in [-0.1, -0.05) is 12.1 Å². The van der Waals surface area contributed by atoms with Gasteiger partial charge in [-0.25, -0.2) is 0 Å². The van der Waals surface area contributed by atoms with Crippen molar-refractivity contribution in [2.75, 3.05) is 12.3 Å². The van der Waals surface area contributed by atoms with Crippen LogP contribution in [-0.4, -0.2) is 24.0 Å². The summed E-state index contributed by atoms with van der Waals surface area (Å²) in [6.45, 7) is 5.22. The molecule has 0 aliphatic rings. The largest absolute Gasteiger partial charge is 0.459 e. The summed E-state index contributed by atoms with van der Waals surface area (Å²) in [5.41, 5.74) is 6.50. The number of amides is 1. The molecule has 0 radical (unpaired) electrons. The Labute approximate surface area is 113 Å². The monoisotopic (exact) mass is 264 g/mol. The number of nitrogens with one attached hydrogen (secondary N) is 1. The molecule has 0 bridgehead atoms. The van der Waals surface area contributed by atoms with Crippen LogP contribution in [0.25, 0.3) is 0 Å². The maximum absolute atomic E-state index is 11.6. The number of carbonyl (C=O) groups excluding carboxylic acids is 2. The van der Waals surface area contributed by atoms with E-state index in [1.54, 1.807) is 45.0 Å². The van der Waals surface area contributed by atoms with Crippen LogP contribution in [0.4, 0.5) is 5.69 Å². The highest BCUT2D eigenvalue weighted by Gasteiger charge is 2.16. The molecule has 0 spiro atoms. The zero-order valence-electron chi connectivity index (χ0n) is 11.5. The average Bonchev–Trinajstić information content (AvgIpc) is 2.27. The van der Waals surface area contributed by atoms with E-state index in [1.807, 2.05) is 0 Å². The van der Waals surface area contributed by atoms with Gasteiger partial charge in [0.05, 0.1) is 6.42 Å². The highest BCUT2D eigenvalue weighted by molar-refractivity contribution is 5.83. The fourth-order valence-corrected chi connectivity index (χ4v) is 1.43. The molecule has 0 heterocycles. The Morgan fingerprint density at radius 3 is 2.32 bits per heavy atom. The van der Waals surface area contributed by atoms with E-state index in [0.29, 0.717) is 5.69 Å². The number of ether oxygens (including phenoxy) is 1. The average molecular weight is 264 g/mol. The number of nitrogen functional groups attached to an aromatic ring is 1. The molecule has 1 rings (SSSR count). The van der Waals surface area contributed by atoms with Crippen molar-refractivity contribution in [3.05, 3.63) is 29.8 Å². The maximum atomic E-state index is 11.6. The minimum absolute atomic E-state index is 0.120. The zero-order valence-corrected chi connectivity index (χ0v) is 11.5. The summed E-state index contributed by atoms with van der Waals surface area (Å²) in [6.07, 6.45) is 0.211. The van der Waals surface area contributed by atoms with Gasteiger partial charge in [-0.3, -0.25) is 9.59 Å². The number of esters is 1. The molecule has 1 amide bonds. The van der Waals surface area contributed by atoms with Gasteiger partial charge in [0.2, 0.25) is 5.91 Å². The van der Waals surface area contributed by atoms with Gasteiger partial charge >= 0.3 is 5.97 Å². The molecule has 1 aromatic carbocycles. The fourth-order valence-electron chi connectivity index (χ4n) is 1.43. The van der Waals surface area contributed by atoms with Crippen LogP contribution in [0.1, 0.15) is 26.3 Å². The number of nitrogens with two attached hydrogens (primary N) is 1. The number of carbonyl (C=O) groups is 2. The van der Waals surface area contributed by atoms with Crippen LogP contribution in [0.2, 0.25) is 0 Å². The van der Waals surface area contributed by atoms with Crippen molar-refractivity contribution in [3.63, 3.8) is 0 Å². The summed E-state index contributed by atoms with van der Waals surface area (Å²) in [5.74, 6) is -0.672. The van der Waals surface area contributed by atoms with Crippen LogP contribution in [-0.2, 0) is 20.7 Å². The van der Waals surface area contributed by atoms with Crippen molar-refractivity contribution >= 4 is 17.6 Å². The lowest BCUT2D eigenvalue weighted by atomic mass is 10.1. The number of rotatable bonds is 4. The first kappa shape index (κ1) is 15.0. The lowest BCUT2D eigenvalue weighted by Gasteiger charge is -2.19.